The van der Waals surface area contributed by atoms with Crippen LogP contribution in [0, 0.1) is 0 Å². The lowest BCUT2D eigenvalue weighted by atomic mass is 10.0. The number of piperidine rings is 1. The number of nitrogens with zero attached hydrogens (tertiary/aromatic N) is 3. The number of carbonyl (C=O) groups excluding carboxylic acids is 3. The summed E-state index contributed by atoms with van der Waals surface area (Å²) < 4.78 is 11.5. The molecule has 1 unspecified atom stereocenters. The largest absolute Gasteiger partial charge is 0.491 e. The van der Waals surface area contributed by atoms with E-state index in [1.54, 1.807) is 18.2 Å². The van der Waals surface area contributed by atoms with Crippen LogP contribution in [0.2, 0.25) is 25.7 Å². The molecule has 0 spiro atoms. The fraction of sp³-hybridized carbons (Fsp3) is 0.600. The summed E-state index contributed by atoms with van der Waals surface area (Å²) in [6.07, 6.45) is 1.10. The number of amides is 4. The highest BCUT2D eigenvalue weighted by molar-refractivity contribution is 6.76. The Morgan fingerprint density at radius 2 is 1.94 bits per heavy atom. The van der Waals surface area contributed by atoms with Gasteiger partial charge in [0.15, 0.2) is 0 Å². The number of ether oxygens (including phenoxy) is 2. The van der Waals surface area contributed by atoms with Crippen LogP contribution in [0.15, 0.2) is 18.2 Å². The van der Waals surface area contributed by atoms with Crippen LogP contribution >= 0.6 is 0 Å². The van der Waals surface area contributed by atoms with Gasteiger partial charge in [0, 0.05) is 39.8 Å². The van der Waals surface area contributed by atoms with Crippen LogP contribution in [0.5, 0.6) is 5.75 Å². The molecule has 36 heavy (non-hydrogen) atoms. The van der Waals surface area contributed by atoms with E-state index in [0.29, 0.717) is 30.9 Å². The van der Waals surface area contributed by atoms with Crippen LogP contribution in [0.25, 0.3) is 0 Å². The summed E-state index contributed by atoms with van der Waals surface area (Å²) in [5.41, 5.74) is 1.26. The Kier molecular flexibility index (Phi) is 7.69. The second kappa shape index (κ2) is 10.6. The Balaban J connectivity index is 1.37. The highest BCUT2D eigenvalue weighted by Gasteiger charge is 2.43. The highest BCUT2D eigenvalue weighted by Crippen LogP contribution is 2.31. The zero-order valence-corrected chi connectivity index (χ0v) is 22.2. The van der Waals surface area contributed by atoms with Gasteiger partial charge in [0.1, 0.15) is 25.1 Å². The molecule has 3 aliphatic heterocycles. The van der Waals surface area contributed by atoms with E-state index in [4.69, 9.17) is 9.47 Å². The minimum atomic E-state index is -1.29. The third kappa shape index (κ3) is 5.72. The first-order valence-electron chi connectivity index (χ1n) is 12.5. The van der Waals surface area contributed by atoms with Crippen molar-refractivity contribution in [3.05, 3.63) is 29.3 Å². The van der Waals surface area contributed by atoms with Gasteiger partial charge in [0.25, 0.3) is 11.8 Å². The molecule has 10 nitrogen and oxygen atoms in total. The smallest absolute Gasteiger partial charge is 0.407 e. The van der Waals surface area contributed by atoms with Crippen molar-refractivity contribution in [3.63, 3.8) is 0 Å². The lowest BCUT2D eigenvalue weighted by Crippen LogP contribution is -2.55. The Morgan fingerprint density at radius 1 is 1.17 bits per heavy atom. The first-order valence-corrected chi connectivity index (χ1v) is 16.2. The highest BCUT2D eigenvalue weighted by atomic mass is 28.3. The molecule has 1 aromatic rings. The van der Waals surface area contributed by atoms with E-state index >= 15 is 0 Å². The number of imide groups is 1. The molecule has 1 N–H and O–H groups in total. The summed E-state index contributed by atoms with van der Waals surface area (Å²) in [6.45, 7) is 8.13. The molecule has 0 aromatic heterocycles. The van der Waals surface area contributed by atoms with E-state index in [2.05, 4.69) is 19.6 Å². The van der Waals surface area contributed by atoms with Gasteiger partial charge in [0.2, 0.25) is 5.91 Å². The predicted octanol–water partition coefficient (Wildman–Crippen LogP) is 2.99. The minimum absolute atomic E-state index is 0.0832. The van der Waals surface area contributed by atoms with Crippen LogP contribution in [-0.4, -0.2) is 90.3 Å². The van der Waals surface area contributed by atoms with Gasteiger partial charge >= 0.3 is 6.09 Å². The molecule has 2 saturated heterocycles. The second-order valence-corrected chi connectivity index (χ2v) is 16.5. The Hall–Kier alpha value is -2.92. The summed E-state index contributed by atoms with van der Waals surface area (Å²) in [5.74, 6) is -0.349. The van der Waals surface area contributed by atoms with Gasteiger partial charge in [-0.25, -0.2) is 4.79 Å². The fourth-order valence-electron chi connectivity index (χ4n) is 4.89. The number of rotatable bonds is 9. The summed E-state index contributed by atoms with van der Waals surface area (Å²) in [7, 11) is -1.29. The monoisotopic (exact) mass is 517 g/mol. The average Bonchev–Trinajstić information content (AvgIpc) is 3.41. The van der Waals surface area contributed by atoms with Gasteiger partial charge in [-0.1, -0.05) is 19.6 Å². The first kappa shape index (κ1) is 26.1. The average molecular weight is 518 g/mol. The van der Waals surface area contributed by atoms with Crippen LogP contribution in [0.1, 0.15) is 41.6 Å². The van der Waals surface area contributed by atoms with E-state index < -0.39 is 26.1 Å². The van der Waals surface area contributed by atoms with Crippen molar-refractivity contribution in [2.24, 2.45) is 0 Å². The minimum Gasteiger partial charge on any atom is -0.491 e. The summed E-state index contributed by atoms with van der Waals surface area (Å²) in [6, 6.07) is 5.20. The molecule has 0 aliphatic carbocycles. The van der Waals surface area contributed by atoms with Gasteiger partial charge in [-0.15, -0.1) is 0 Å². The fourth-order valence-corrected chi connectivity index (χ4v) is 5.65. The van der Waals surface area contributed by atoms with Crippen LogP contribution < -0.4 is 4.74 Å². The molecular formula is C25H35N3O7Si. The summed E-state index contributed by atoms with van der Waals surface area (Å²) >= 11 is 0. The SMILES string of the molecule is C[Si](C)(C)CCOCN1C(=O)CCC(N2Cc3cc(OC[C@H]4CCCN4C(=O)O)ccc3C2=O)C1=O. The zero-order chi connectivity index (χ0) is 26.0. The van der Waals surface area contributed by atoms with Crippen molar-refractivity contribution in [2.45, 2.75) is 70.0 Å². The molecule has 11 heteroatoms. The summed E-state index contributed by atoms with van der Waals surface area (Å²) in [4.78, 5) is 54.1. The third-order valence-electron chi connectivity index (χ3n) is 7.05. The molecule has 3 heterocycles. The molecule has 1 aromatic carbocycles. The lowest BCUT2D eigenvalue weighted by molar-refractivity contribution is -0.158. The molecule has 3 aliphatic rings. The quantitative estimate of drug-likeness (QED) is 0.304. The molecule has 196 valence electrons. The van der Waals surface area contributed by atoms with Gasteiger partial charge < -0.3 is 24.4 Å². The molecule has 4 amide bonds. The maximum atomic E-state index is 13.2. The normalized spacial score (nSPS) is 22.4. The number of carbonyl (C=O) groups is 4. The topological polar surface area (TPSA) is 117 Å². The predicted molar refractivity (Wildman–Crippen MR) is 133 cm³/mol. The Labute approximate surface area is 212 Å². The standard InChI is InChI=1S/C25H35N3O7Si/c1-36(2,3)12-11-34-16-28-22(29)9-8-21(24(28)31)27-14-17-13-19(6-7-20(17)23(27)30)35-15-18-5-4-10-26(18)25(32)33/h6-7,13,18,21H,4-5,8-12,14-16H2,1-3H3,(H,32,33)/t18-,21?/m1/s1. The van der Waals surface area contributed by atoms with Gasteiger partial charge in [-0.05, 0) is 49.1 Å². The maximum absolute atomic E-state index is 13.2. The van der Waals surface area contributed by atoms with Crippen LogP contribution in [0.4, 0.5) is 4.79 Å². The van der Waals surface area contributed by atoms with E-state index in [-0.39, 0.29) is 44.2 Å². The molecule has 0 radical (unpaired) electrons. The third-order valence-corrected chi connectivity index (χ3v) is 8.75. The van der Waals surface area contributed by atoms with E-state index in [9.17, 15) is 24.3 Å². The van der Waals surface area contributed by atoms with Crippen molar-refractivity contribution >= 4 is 31.9 Å². The second-order valence-electron chi connectivity index (χ2n) is 10.9. The van der Waals surface area contributed by atoms with Crippen molar-refractivity contribution in [1.29, 1.82) is 0 Å². The van der Waals surface area contributed by atoms with Gasteiger partial charge in [0.05, 0.1) is 6.04 Å². The number of likely N-dealkylation sites (tertiary alicyclic amines) is 2. The number of hydrogen-bond donors (Lipinski definition) is 1. The molecule has 2 fully saturated rings. The van der Waals surface area contributed by atoms with Crippen molar-refractivity contribution in [3.8, 4) is 5.75 Å². The van der Waals surface area contributed by atoms with E-state index in [1.165, 1.54) is 9.80 Å². The van der Waals surface area contributed by atoms with Gasteiger partial charge in [-0.2, -0.15) is 0 Å². The van der Waals surface area contributed by atoms with Crippen LogP contribution in [-0.2, 0) is 20.9 Å². The maximum Gasteiger partial charge on any atom is 0.407 e. The first-order chi connectivity index (χ1) is 17.0. The number of benzene rings is 1. The molecular weight excluding hydrogens is 482 g/mol. The van der Waals surface area contributed by atoms with Crippen molar-refractivity contribution in [2.75, 3.05) is 26.5 Å². The lowest BCUT2D eigenvalue weighted by Gasteiger charge is -2.35. The van der Waals surface area contributed by atoms with Crippen molar-refractivity contribution < 1.29 is 33.8 Å². The molecule has 2 atom stereocenters. The van der Waals surface area contributed by atoms with Crippen LogP contribution in [0.3, 0.4) is 0 Å². The van der Waals surface area contributed by atoms with E-state index in [1.807, 2.05) is 0 Å². The van der Waals surface area contributed by atoms with Crippen molar-refractivity contribution in [1.82, 2.24) is 14.7 Å². The molecule has 4 rings (SSSR count). The number of carboxylic acid groups (broad SMARTS) is 1. The zero-order valence-electron chi connectivity index (χ0n) is 21.2. The molecule has 0 saturated carbocycles. The Morgan fingerprint density at radius 3 is 2.67 bits per heavy atom. The Bertz CT molecular complexity index is 1040. The number of hydrogen-bond acceptors (Lipinski definition) is 6. The number of fused-ring (bicyclic) bond motifs is 1. The summed E-state index contributed by atoms with van der Waals surface area (Å²) in [5, 5.41) is 9.31. The molecule has 0 bridgehead atoms. The van der Waals surface area contributed by atoms with Gasteiger partial charge in [-0.3, -0.25) is 19.3 Å². The van der Waals surface area contributed by atoms with E-state index in [0.717, 1.165) is 29.3 Å².